The zero-order valence-electron chi connectivity index (χ0n) is 14.6. The average molecular weight is 350 g/mol. The fourth-order valence-electron chi connectivity index (χ4n) is 4.15. The molecule has 0 saturated carbocycles. The van der Waals surface area contributed by atoms with Crippen molar-refractivity contribution in [3.8, 4) is 5.75 Å². The Kier molecular flexibility index (Phi) is 3.91. The number of amides is 1. The molecule has 3 aliphatic heterocycles. The van der Waals surface area contributed by atoms with Crippen molar-refractivity contribution in [3.63, 3.8) is 0 Å². The van der Waals surface area contributed by atoms with Gasteiger partial charge in [0, 0.05) is 13.0 Å². The van der Waals surface area contributed by atoms with E-state index < -0.39 is 0 Å². The Morgan fingerprint density at radius 1 is 1.00 bits per heavy atom. The van der Waals surface area contributed by atoms with Crippen LogP contribution in [0.15, 0.2) is 54.6 Å². The lowest BCUT2D eigenvalue weighted by atomic mass is 10.1. The zero-order chi connectivity index (χ0) is 17.5. The van der Waals surface area contributed by atoms with Crippen LogP contribution < -0.4 is 9.64 Å². The van der Waals surface area contributed by atoms with E-state index >= 15 is 0 Å². The van der Waals surface area contributed by atoms with Crippen LogP contribution in [0.4, 0.5) is 5.69 Å². The molecule has 2 aromatic rings. The minimum atomic E-state index is -0.133. The second-order valence-corrected chi connectivity index (χ2v) is 7.26. The fraction of sp³-hybridized carbons (Fsp3) is 0.381. The second kappa shape index (κ2) is 6.41. The number of rotatable bonds is 3. The van der Waals surface area contributed by atoms with E-state index in [0.717, 1.165) is 30.0 Å². The summed E-state index contributed by atoms with van der Waals surface area (Å²) >= 11 is 0. The third-order valence-electron chi connectivity index (χ3n) is 5.57. The van der Waals surface area contributed by atoms with Crippen molar-refractivity contribution >= 4 is 11.6 Å². The highest BCUT2D eigenvalue weighted by Crippen LogP contribution is 2.38. The molecule has 2 atom stereocenters. The van der Waals surface area contributed by atoms with Crippen LogP contribution in [0.5, 0.6) is 5.75 Å². The maximum absolute atomic E-state index is 13.6. The molecule has 2 aromatic carbocycles. The highest BCUT2D eigenvalue weighted by molar-refractivity contribution is 5.99. The number of hydrogen-bond acceptors (Lipinski definition) is 4. The van der Waals surface area contributed by atoms with Gasteiger partial charge in [0.15, 0.2) is 0 Å². The number of benzene rings is 2. The minimum Gasteiger partial charge on any atom is -0.487 e. The average Bonchev–Trinajstić information content (AvgIpc) is 3.03. The molecule has 26 heavy (non-hydrogen) atoms. The first kappa shape index (κ1) is 15.9. The molecule has 1 amide bonds. The third kappa shape index (κ3) is 2.68. The van der Waals surface area contributed by atoms with Crippen LogP contribution in [0.1, 0.15) is 12.0 Å². The smallest absolute Gasteiger partial charge is 0.244 e. The summed E-state index contributed by atoms with van der Waals surface area (Å²) in [6.07, 6.45) is 0.805. The number of hydrogen-bond donors (Lipinski definition) is 0. The van der Waals surface area contributed by atoms with Crippen LogP contribution in [-0.2, 0) is 16.1 Å². The molecular weight excluding hydrogens is 328 g/mol. The number of likely N-dealkylation sites (tertiary alicyclic amines) is 1. The van der Waals surface area contributed by atoms with E-state index in [4.69, 9.17) is 9.47 Å². The lowest BCUT2D eigenvalue weighted by Crippen LogP contribution is -2.55. The number of carbonyl (C=O) groups excluding carboxylic acids is 1. The summed E-state index contributed by atoms with van der Waals surface area (Å²) in [5.74, 6) is 0.964. The zero-order valence-corrected chi connectivity index (χ0v) is 14.6. The summed E-state index contributed by atoms with van der Waals surface area (Å²) in [5, 5.41) is 0. The van der Waals surface area contributed by atoms with Gasteiger partial charge in [0.25, 0.3) is 0 Å². The summed E-state index contributed by atoms with van der Waals surface area (Å²) in [7, 11) is 0. The first-order valence-electron chi connectivity index (χ1n) is 9.24. The molecule has 0 N–H and O–H groups in total. The maximum atomic E-state index is 13.6. The molecule has 0 unspecified atom stereocenters. The predicted molar refractivity (Wildman–Crippen MR) is 98.2 cm³/mol. The normalized spacial score (nSPS) is 25.8. The molecule has 5 rings (SSSR count). The van der Waals surface area contributed by atoms with Crippen LogP contribution in [0.25, 0.3) is 0 Å². The van der Waals surface area contributed by atoms with Gasteiger partial charge in [-0.25, -0.2) is 0 Å². The number of fused-ring (bicyclic) bond motifs is 3. The Morgan fingerprint density at radius 2 is 1.77 bits per heavy atom. The Bertz CT molecular complexity index is 806. The molecule has 3 heterocycles. The van der Waals surface area contributed by atoms with E-state index in [0.29, 0.717) is 25.8 Å². The molecule has 0 radical (unpaired) electrons. The first-order valence-corrected chi connectivity index (χ1v) is 9.24. The van der Waals surface area contributed by atoms with E-state index in [9.17, 15) is 4.79 Å². The standard InChI is InChI=1S/C21H22N2O3/c24-21-19-10-17(12-22(19)16-13-25-14-16)26-20-9-5-4-8-18(20)23(21)11-15-6-2-1-3-7-15/h1-9,16-17,19H,10-14H2/t17-,19-/m0/s1. The lowest BCUT2D eigenvalue weighted by molar-refractivity contribution is -0.128. The molecule has 0 spiro atoms. The number of para-hydroxylation sites is 2. The van der Waals surface area contributed by atoms with E-state index in [-0.39, 0.29) is 18.1 Å². The number of nitrogens with zero attached hydrogens (tertiary/aromatic N) is 2. The molecule has 0 aromatic heterocycles. The van der Waals surface area contributed by atoms with Gasteiger partial charge < -0.3 is 14.4 Å². The molecule has 5 nitrogen and oxygen atoms in total. The van der Waals surface area contributed by atoms with Crippen molar-refractivity contribution in [2.24, 2.45) is 0 Å². The quantitative estimate of drug-likeness (QED) is 0.853. The summed E-state index contributed by atoms with van der Waals surface area (Å²) in [5.41, 5.74) is 1.98. The Labute approximate surface area is 153 Å². The second-order valence-electron chi connectivity index (χ2n) is 7.26. The maximum Gasteiger partial charge on any atom is 0.244 e. The van der Waals surface area contributed by atoms with Crippen LogP contribution in [0.3, 0.4) is 0 Å². The predicted octanol–water partition coefficient (Wildman–Crippen LogP) is 2.45. The van der Waals surface area contributed by atoms with E-state index in [2.05, 4.69) is 17.0 Å². The van der Waals surface area contributed by atoms with E-state index in [1.807, 2.05) is 47.4 Å². The summed E-state index contributed by atoms with van der Waals surface area (Å²) in [6, 6.07) is 18.2. The van der Waals surface area contributed by atoms with Crippen molar-refractivity contribution in [1.82, 2.24) is 4.90 Å². The molecule has 0 aliphatic carbocycles. The molecule has 134 valence electrons. The summed E-state index contributed by atoms with van der Waals surface area (Å²) < 4.78 is 11.7. The fourth-order valence-corrected chi connectivity index (χ4v) is 4.15. The Balaban J connectivity index is 1.53. The number of ether oxygens (including phenoxy) is 2. The van der Waals surface area contributed by atoms with Crippen molar-refractivity contribution in [1.29, 1.82) is 0 Å². The largest absolute Gasteiger partial charge is 0.487 e. The summed E-state index contributed by atoms with van der Waals surface area (Å²) in [6.45, 7) is 2.76. The van der Waals surface area contributed by atoms with Gasteiger partial charge in [0.05, 0.1) is 37.5 Å². The molecule has 5 heteroatoms. The Morgan fingerprint density at radius 3 is 2.54 bits per heavy atom. The van der Waals surface area contributed by atoms with Crippen molar-refractivity contribution in [2.45, 2.75) is 31.2 Å². The monoisotopic (exact) mass is 350 g/mol. The van der Waals surface area contributed by atoms with Gasteiger partial charge >= 0.3 is 0 Å². The van der Waals surface area contributed by atoms with E-state index in [1.165, 1.54) is 0 Å². The van der Waals surface area contributed by atoms with Crippen LogP contribution >= 0.6 is 0 Å². The topological polar surface area (TPSA) is 42.0 Å². The highest BCUT2D eigenvalue weighted by atomic mass is 16.5. The number of carbonyl (C=O) groups is 1. The van der Waals surface area contributed by atoms with Crippen molar-refractivity contribution in [2.75, 3.05) is 24.7 Å². The molecule has 2 saturated heterocycles. The number of anilines is 1. The van der Waals surface area contributed by atoms with Gasteiger partial charge in [-0.1, -0.05) is 42.5 Å². The first-order chi connectivity index (χ1) is 12.8. The van der Waals surface area contributed by atoms with Gasteiger partial charge in [-0.05, 0) is 17.7 Å². The van der Waals surface area contributed by atoms with Gasteiger partial charge in [-0.2, -0.15) is 0 Å². The highest BCUT2D eigenvalue weighted by Gasteiger charge is 2.46. The van der Waals surface area contributed by atoms with Crippen LogP contribution in [0, 0.1) is 0 Å². The minimum absolute atomic E-state index is 0.0598. The molecule has 2 bridgehead atoms. The summed E-state index contributed by atoms with van der Waals surface area (Å²) in [4.78, 5) is 17.8. The molecular formula is C21H22N2O3. The van der Waals surface area contributed by atoms with E-state index in [1.54, 1.807) is 0 Å². The van der Waals surface area contributed by atoms with Crippen molar-refractivity contribution in [3.05, 3.63) is 60.2 Å². The van der Waals surface area contributed by atoms with Gasteiger partial charge in [-0.3, -0.25) is 9.69 Å². The van der Waals surface area contributed by atoms with Gasteiger partial charge in [0.1, 0.15) is 11.9 Å². The molecule has 3 aliphatic rings. The van der Waals surface area contributed by atoms with Gasteiger partial charge in [0.2, 0.25) is 5.91 Å². The lowest BCUT2D eigenvalue weighted by Gasteiger charge is -2.38. The molecule has 2 fully saturated rings. The van der Waals surface area contributed by atoms with Crippen LogP contribution in [-0.4, -0.2) is 48.8 Å². The Hall–Kier alpha value is -2.37. The van der Waals surface area contributed by atoms with Crippen LogP contribution in [0.2, 0.25) is 0 Å². The third-order valence-corrected chi connectivity index (χ3v) is 5.57. The SMILES string of the molecule is O=C1[C@@H]2C[C@@H](CN2C2COC2)Oc2ccccc2N1Cc1ccccc1. The van der Waals surface area contributed by atoms with Gasteiger partial charge in [-0.15, -0.1) is 0 Å². The van der Waals surface area contributed by atoms with Crippen molar-refractivity contribution < 1.29 is 14.3 Å².